The molecule has 1 unspecified atom stereocenters. The minimum absolute atomic E-state index is 0.0397. The lowest BCUT2D eigenvalue weighted by Crippen LogP contribution is -2.52. The molecule has 1 fully saturated rings. The second-order valence-electron chi connectivity index (χ2n) is 6.94. The molecule has 3 N–H and O–H groups in total. The summed E-state index contributed by atoms with van der Waals surface area (Å²) in [5.41, 5.74) is 5.77. The average Bonchev–Trinajstić information content (AvgIpc) is 2.66. The maximum atomic E-state index is 13.1. The largest absolute Gasteiger partial charge is 0.354 e. The lowest BCUT2D eigenvalue weighted by atomic mass is 9.93. The highest BCUT2D eigenvalue weighted by molar-refractivity contribution is 7.89. The van der Waals surface area contributed by atoms with Gasteiger partial charge in [-0.3, -0.25) is 4.79 Å². The lowest BCUT2D eigenvalue weighted by Gasteiger charge is -2.32. The Morgan fingerprint density at radius 1 is 1.31 bits per heavy atom. The Kier molecular flexibility index (Phi) is 6.76. The Bertz CT molecular complexity index is 718. The first kappa shape index (κ1) is 20.8. The smallest absolute Gasteiger partial charge is 0.243 e. The molecule has 0 saturated carbocycles. The molecule has 0 aromatic heterocycles. The molecular weight excluding hydrogens is 357 g/mol. The van der Waals surface area contributed by atoms with Gasteiger partial charge in [-0.05, 0) is 49.9 Å². The molecule has 8 heteroatoms. The Balaban J connectivity index is 2.04. The third-order valence-electron chi connectivity index (χ3n) is 5.23. The van der Waals surface area contributed by atoms with Crippen LogP contribution in [0.25, 0.3) is 0 Å². The molecule has 1 heterocycles. The number of nitrogens with one attached hydrogen (secondary N) is 1. The Morgan fingerprint density at radius 3 is 2.50 bits per heavy atom. The van der Waals surface area contributed by atoms with Crippen LogP contribution < -0.4 is 11.1 Å². The van der Waals surface area contributed by atoms with Crippen molar-refractivity contribution in [2.45, 2.75) is 50.0 Å². The van der Waals surface area contributed by atoms with Gasteiger partial charge >= 0.3 is 0 Å². The molecule has 146 valence electrons. The van der Waals surface area contributed by atoms with Crippen LogP contribution in [0.2, 0.25) is 0 Å². The van der Waals surface area contributed by atoms with Gasteiger partial charge in [0.1, 0.15) is 5.82 Å². The third-order valence-corrected chi connectivity index (χ3v) is 7.11. The van der Waals surface area contributed by atoms with Gasteiger partial charge in [0, 0.05) is 25.2 Å². The van der Waals surface area contributed by atoms with Crippen LogP contribution in [0.5, 0.6) is 0 Å². The summed E-state index contributed by atoms with van der Waals surface area (Å²) in [6, 6.07) is 4.74. The van der Waals surface area contributed by atoms with E-state index in [4.69, 9.17) is 5.73 Å². The van der Waals surface area contributed by atoms with E-state index in [9.17, 15) is 17.6 Å². The molecule has 6 nitrogen and oxygen atoms in total. The van der Waals surface area contributed by atoms with E-state index in [2.05, 4.69) is 5.32 Å². The van der Waals surface area contributed by atoms with E-state index >= 15 is 0 Å². The first-order chi connectivity index (χ1) is 12.2. The molecule has 26 heavy (non-hydrogen) atoms. The normalized spacial score (nSPS) is 19.3. The quantitative estimate of drug-likeness (QED) is 0.749. The topological polar surface area (TPSA) is 92.5 Å². The molecule has 0 radical (unpaired) electrons. The predicted octanol–water partition coefficient (Wildman–Crippen LogP) is 1.86. The standard InChI is InChI=1S/C18H28FN3O3S/c1-3-18(20,4-2)13-21-17(23)14-6-5-11-22(12-14)26(24,25)16-9-7-15(19)8-10-16/h7-10,14H,3-6,11-13,20H2,1-2H3,(H,21,23). The van der Waals surface area contributed by atoms with E-state index in [0.29, 0.717) is 25.9 Å². The number of nitrogens with two attached hydrogens (primary N) is 1. The highest BCUT2D eigenvalue weighted by atomic mass is 32.2. The number of carbonyl (C=O) groups excluding carboxylic acids is 1. The van der Waals surface area contributed by atoms with Crippen LogP contribution in [0.1, 0.15) is 39.5 Å². The van der Waals surface area contributed by atoms with Crippen molar-refractivity contribution in [2.24, 2.45) is 11.7 Å². The molecule has 1 atom stereocenters. The summed E-state index contributed by atoms with van der Waals surface area (Å²) >= 11 is 0. The summed E-state index contributed by atoms with van der Waals surface area (Å²) in [5, 5.41) is 2.88. The maximum absolute atomic E-state index is 13.1. The summed E-state index contributed by atoms with van der Waals surface area (Å²) in [4.78, 5) is 12.5. The number of halogens is 1. The van der Waals surface area contributed by atoms with Gasteiger partial charge in [-0.25, -0.2) is 12.8 Å². The van der Waals surface area contributed by atoms with Gasteiger partial charge in [0.15, 0.2) is 0 Å². The lowest BCUT2D eigenvalue weighted by molar-refractivity contribution is -0.126. The van der Waals surface area contributed by atoms with Crippen molar-refractivity contribution in [1.29, 1.82) is 0 Å². The SMILES string of the molecule is CCC(N)(CC)CNC(=O)C1CCCN(S(=O)(=O)c2ccc(F)cc2)C1. The molecule has 1 aliphatic heterocycles. The fraction of sp³-hybridized carbons (Fsp3) is 0.611. The van der Waals surface area contributed by atoms with Crippen molar-refractivity contribution in [3.8, 4) is 0 Å². The van der Waals surface area contributed by atoms with Gasteiger partial charge in [0.05, 0.1) is 10.8 Å². The van der Waals surface area contributed by atoms with E-state index in [1.807, 2.05) is 13.8 Å². The summed E-state index contributed by atoms with van der Waals surface area (Å²) in [6.07, 6.45) is 2.74. The van der Waals surface area contributed by atoms with Crippen molar-refractivity contribution in [3.63, 3.8) is 0 Å². The summed E-state index contributed by atoms with van der Waals surface area (Å²) < 4.78 is 39.8. The van der Waals surface area contributed by atoms with Crippen molar-refractivity contribution in [3.05, 3.63) is 30.1 Å². The maximum Gasteiger partial charge on any atom is 0.243 e. The number of carbonyl (C=O) groups is 1. The zero-order chi connectivity index (χ0) is 19.4. The second-order valence-corrected chi connectivity index (χ2v) is 8.88. The first-order valence-electron chi connectivity index (χ1n) is 9.04. The zero-order valence-electron chi connectivity index (χ0n) is 15.4. The van der Waals surface area contributed by atoms with Crippen LogP contribution in [-0.2, 0) is 14.8 Å². The molecule has 0 bridgehead atoms. The number of nitrogens with zero attached hydrogens (tertiary/aromatic N) is 1. The fourth-order valence-corrected chi connectivity index (χ4v) is 4.56. The molecule has 1 aromatic carbocycles. The molecule has 1 amide bonds. The molecule has 1 aliphatic rings. The average molecular weight is 386 g/mol. The first-order valence-corrected chi connectivity index (χ1v) is 10.5. The fourth-order valence-electron chi connectivity index (χ4n) is 3.04. The van der Waals surface area contributed by atoms with Crippen molar-refractivity contribution in [1.82, 2.24) is 9.62 Å². The molecule has 0 aliphatic carbocycles. The molecule has 1 saturated heterocycles. The Labute approximate surface area is 155 Å². The summed E-state index contributed by atoms with van der Waals surface area (Å²) in [5.74, 6) is -1.06. The molecule has 2 rings (SSSR count). The number of amides is 1. The van der Waals surface area contributed by atoms with E-state index in [0.717, 1.165) is 25.0 Å². The van der Waals surface area contributed by atoms with E-state index in [1.54, 1.807) is 0 Å². The van der Waals surface area contributed by atoms with E-state index < -0.39 is 27.3 Å². The highest BCUT2D eigenvalue weighted by Gasteiger charge is 2.34. The molecule has 0 spiro atoms. The van der Waals surface area contributed by atoms with E-state index in [-0.39, 0.29) is 17.3 Å². The number of rotatable bonds is 7. The van der Waals surface area contributed by atoms with Gasteiger partial charge < -0.3 is 11.1 Å². The molecule has 1 aromatic rings. The number of piperidine rings is 1. The Hall–Kier alpha value is -1.51. The number of hydrogen-bond acceptors (Lipinski definition) is 4. The van der Waals surface area contributed by atoms with Gasteiger partial charge in [0.25, 0.3) is 0 Å². The van der Waals surface area contributed by atoms with Crippen LogP contribution in [0, 0.1) is 11.7 Å². The number of benzene rings is 1. The Morgan fingerprint density at radius 2 is 1.92 bits per heavy atom. The van der Waals surface area contributed by atoms with Gasteiger partial charge in [0.2, 0.25) is 15.9 Å². The van der Waals surface area contributed by atoms with Gasteiger partial charge in [-0.1, -0.05) is 13.8 Å². The number of sulfonamides is 1. The zero-order valence-corrected chi connectivity index (χ0v) is 16.2. The summed E-state index contributed by atoms with van der Waals surface area (Å²) in [6.45, 7) is 4.82. The van der Waals surface area contributed by atoms with E-state index in [1.165, 1.54) is 16.4 Å². The molecular formula is C18H28FN3O3S. The van der Waals surface area contributed by atoms with Crippen LogP contribution in [0.3, 0.4) is 0 Å². The van der Waals surface area contributed by atoms with Gasteiger partial charge in [-0.2, -0.15) is 4.31 Å². The van der Waals surface area contributed by atoms with Crippen LogP contribution >= 0.6 is 0 Å². The van der Waals surface area contributed by atoms with Gasteiger partial charge in [-0.15, -0.1) is 0 Å². The third kappa shape index (κ3) is 4.81. The van der Waals surface area contributed by atoms with Crippen LogP contribution in [0.15, 0.2) is 29.2 Å². The van der Waals surface area contributed by atoms with Crippen LogP contribution in [-0.4, -0.2) is 43.8 Å². The number of hydrogen-bond donors (Lipinski definition) is 2. The van der Waals surface area contributed by atoms with Crippen molar-refractivity contribution in [2.75, 3.05) is 19.6 Å². The highest BCUT2D eigenvalue weighted by Crippen LogP contribution is 2.24. The summed E-state index contributed by atoms with van der Waals surface area (Å²) in [7, 11) is -3.74. The minimum Gasteiger partial charge on any atom is -0.354 e. The second kappa shape index (κ2) is 8.45. The predicted molar refractivity (Wildman–Crippen MR) is 98.4 cm³/mol. The van der Waals surface area contributed by atoms with Crippen molar-refractivity contribution >= 4 is 15.9 Å². The minimum atomic E-state index is -3.74. The van der Waals surface area contributed by atoms with Crippen LogP contribution in [0.4, 0.5) is 4.39 Å². The monoisotopic (exact) mass is 385 g/mol. The van der Waals surface area contributed by atoms with Crippen molar-refractivity contribution < 1.29 is 17.6 Å².